The van der Waals surface area contributed by atoms with Crippen molar-refractivity contribution in [2.24, 2.45) is 0 Å². The molecular formula is C15H18BrN3. The molecule has 1 unspecified atom stereocenters. The Labute approximate surface area is 122 Å². The van der Waals surface area contributed by atoms with Gasteiger partial charge in [0, 0.05) is 22.6 Å². The number of halogens is 1. The Balaban J connectivity index is 1.76. The van der Waals surface area contributed by atoms with Gasteiger partial charge >= 0.3 is 0 Å². The van der Waals surface area contributed by atoms with E-state index in [1.807, 2.05) is 18.6 Å². The highest BCUT2D eigenvalue weighted by Crippen LogP contribution is 2.27. The normalized spacial score (nSPS) is 18.9. The lowest BCUT2D eigenvalue weighted by Gasteiger charge is -2.13. The molecule has 3 rings (SSSR count). The smallest absolute Gasteiger partial charge is 0.0950 e. The maximum Gasteiger partial charge on any atom is 0.0950 e. The van der Waals surface area contributed by atoms with Crippen molar-refractivity contribution in [2.75, 3.05) is 6.54 Å². The fourth-order valence-corrected chi connectivity index (χ4v) is 3.18. The van der Waals surface area contributed by atoms with E-state index in [1.54, 1.807) is 0 Å². The zero-order valence-electron chi connectivity index (χ0n) is 10.8. The Kier molecular flexibility index (Phi) is 3.99. The summed E-state index contributed by atoms with van der Waals surface area (Å²) in [6.45, 7) is 2.19. The highest BCUT2D eigenvalue weighted by molar-refractivity contribution is 9.10. The van der Waals surface area contributed by atoms with Crippen LogP contribution in [-0.4, -0.2) is 22.1 Å². The maximum absolute atomic E-state index is 4.31. The summed E-state index contributed by atoms with van der Waals surface area (Å²) in [7, 11) is 0. The third-order valence-corrected chi connectivity index (χ3v) is 4.43. The summed E-state index contributed by atoms with van der Waals surface area (Å²) in [5.41, 5.74) is 2.39. The Morgan fingerprint density at radius 2 is 2.26 bits per heavy atom. The van der Waals surface area contributed by atoms with Gasteiger partial charge in [0.1, 0.15) is 0 Å². The molecule has 1 aliphatic heterocycles. The van der Waals surface area contributed by atoms with Crippen LogP contribution in [0, 0.1) is 0 Å². The number of nitrogens with one attached hydrogen (secondary N) is 1. The van der Waals surface area contributed by atoms with Crippen molar-refractivity contribution in [2.45, 2.75) is 31.8 Å². The van der Waals surface area contributed by atoms with Gasteiger partial charge in [-0.05, 0) is 31.9 Å². The molecule has 1 aromatic carbocycles. The van der Waals surface area contributed by atoms with Crippen LogP contribution in [0.25, 0.3) is 11.3 Å². The van der Waals surface area contributed by atoms with Gasteiger partial charge in [0.2, 0.25) is 0 Å². The number of benzene rings is 1. The Morgan fingerprint density at radius 1 is 1.37 bits per heavy atom. The first kappa shape index (κ1) is 12.9. The lowest BCUT2D eigenvalue weighted by Crippen LogP contribution is -2.22. The number of aryl methyl sites for hydroxylation is 1. The van der Waals surface area contributed by atoms with Crippen LogP contribution in [0.2, 0.25) is 0 Å². The summed E-state index contributed by atoms with van der Waals surface area (Å²) in [5, 5.41) is 3.55. The molecule has 0 radical (unpaired) electrons. The summed E-state index contributed by atoms with van der Waals surface area (Å²) in [5.74, 6) is 0. The quantitative estimate of drug-likeness (QED) is 0.935. The van der Waals surface area contributed by atoms with Gasteiger partial charge in [-0.3, -0.25) is 0 Å². The first-order chi connectivity index (χ1) is 9.34. The highest BCUT2D eigenvalue weighted by atomic mass is 79.9. The van der Waals surface area contributed by atoms with Crippen LogP contribution in [0.15, 0.2) is 41.3 Å². The number of aromatic nitrogens is 2. The van der Waals surface area contributed by atoms with E-state index in [9.17, 15) is 0 Å². The van der Waals surface area contributed by atoms with Crippen LogP contribution < -0.4 is 5.32 Å². The van der Waals surface area contributed by atoms with Crippen molar-refractivity contribution in [3.8, 4) is 11.3 Å². The Morgan fingerprint density at radius 3 is 3.05 bits per heavy atom. The molecule has 0 saturated carbocycles. The predicted molar refractivity (Wildman–Crippen MR) is 81.0 cm³/mol. The van der Waals surface area contributed by atoms with E-state index in [0.29, 0.717) is 6.04 Å². The number of hydrogen-bond acceptors (Lipinski definition) is 2. The fourth-order valence-electron chi connectivity index (χ4n) is 2.69. The van der Waals surface area contributed by atoms with Crippen molar-refractivity contribution < 1.29 is 0 Å². The molecular weight excluding hydrogens is 302 g/mol. The average Bonchev–Trinajstić information content (AvgIpc) is 3.08. The molecule has 100 valence electrons. The second-order valence-corrected chi connectivity index (χ2v) is 5.89. The van der Waals surface area contributed by atoms with Gasteiger partial charge in [0.05, 0.1) is 18.2 Å². The zero-order valence-corrected chi connectivity index (χ0v) is 12.4. The molecule has 19 heavy (non-hydrogen) atoms. The minimum Gasteiger partial charge on any atom is -0.331 e. The van der Waals surface area contributed by atoms with Gasteiger partial charge in [-0.15, -0.1) is 0 Å². The molecule has 0 bridgehead atoms. The van der Waals surface area contributed by atoms with Crippen LogP contribution in [0.3, 0.4) is 0 Å². The van der Waals surface area contributed by atoms with Crippen LogP contribution in [0.5, 0.6) is 0 Å². The molecule has 3 nitrogen and oxygen atoms in total. The monoisotopic (exact) mass is 319 g/mol. The number of nitrogens with zero attached hydrogens (tertiary/aromatic N) is 2. The van der Waals surface area contributed by atoms with E-state index in [4.69, 9.17) is 0 Å². The molecule has 1 N–H and O–H groups in total. The molecule has 2 aromatic rings. The van der Waals surface area contributed by atoms with Gasteiger partial charge in [0.15, 0.2) is 0 Å². The van der Waals surface area contributed by atoms with Gasteiger partial charge in [0.25, 0.3) is 0 Å². The first-order valence-electron chi connectivity index (χ1n) is 6.83. The molecule has 0 amide bonds. The Bertz CT molecular complexity index is 544. The Hall–Kier alpha value is -1.13. The summed E-state index contributed by atoms with van der Waals surface area (Å²) in [4.78, 5) is 4.31. The predicted octanol–water partition coefficient (Wildman–Crippen LogP) is 3.45. The van der Waals surface area contributed by atoms with E-state index in [0.717, 1.165) is 11.0 Å². The molecule has 0 spiro atoms. The minimum atomic E-state index is 0.675. The highest BCUT2D eigenvalue weighted by Gasteiger charge is 2.15. The standard InChI is InChI=1S/C15H18BrN3/c16-14-6-2-1-5-13(14)15-10-17-11-19(15)9-7-12-4-3-8-18-12/h1-2,5-6,10-12,18H,3-4,7-9H2. The van der Waals surface area contributed by atoms with Crippen molar-refractivity contribution in [1.82, 2.24) is 14.9 Å². The minimum absolute atomic E-state index is 0.675. The number of imidazole rings is 1. The summed E-state index contributed by atoms with van der Waals surface area (Å²) < 4.78 is 3.37. The fraction of sp³-hybridized carbons (Fsp3) is 0.400. The van der Waals surface area contributed by atoms with Gasteiger partial charge in [-0.1, -0.05) is 34.1 Å². The van der Waals surface area contributed by atoms with Crippen LogP contribution >= 0.6 is 15.9 Å². The van der Waals surface area contributed by atoms with Crippen molar-refractivity contribution in [3.63, 3.8) is 0 Å². The van der Waals surface area contributed by atoms with Gasteiger partial charge in [-0.25, -0.2) is 4.98 Å². The molecule has 1 atom stereocenters. The zero-order chi connectivity index (χ0) is 13.1. The topological polar surface area (TPSA) is 29.9 Å². The van der Waals surface area contributed by atoms with Crippen LogP contribution in [0.1, 0.15) is 19.3 Å². The molecule has 1 aromatic heterocycles. The molecule has 2 heterocycles. The average molecular weight is 320 g/mol. The molecule has 1 saturated heterocycles. The number of hydrogen-bond donors (Lipinski definition) is 1. The van der Waals surface area contributed by atoms with E-state index in [1.165, 1.54) is 37.1 Å². The van der Waals surface area contributed by atoms with Crippen molar-refractivity contribution >= 4 is 15.9 Å². The molecule has 1 aliphatic rings. The molecule has 1 fully saturated rings. The third-order valence-electron chi connectivity index (χ3n) is 3.74. The summed E-state index contributed by atoms with van der Waals surface area (Å²) in [6, 6.07) is 8.98. The van der Waals surface area contributed by atoms with Crippen molar-refractivity contribution in [1.29, 1.82) is 0 Å². The lowest BCUT2D eigenvalue weighted by atomic mass is 10.1. The lowest BCUT2D eigenvalue weighted by molar-refractivity contribution is 0.507. The second kappa shape index (κ2) is 5.88. The largest absolute Gasteiger partial charge is 0.331 e. The maximum atomic E-state index is 4.31. The van der Waals surface area contributed by atoms with E-state index in [-0.39, 0.29) is 0 Å². The molecule has 4 heteroatoms. The van der Waals surface area contributed by atoms with Crippen LogP contribution in [0.4, 0.5) is 0 Å². The SMILES string of the molecule is Brc1ccccc1-c1cncn1CCC1CCCN1. The van der Waals surface area contributed by atoms with Gasteiger partial charge < -0.3 is 9.88 Å². The van der Waals surface area contributed by atoms with E-state index >= 15 is 0 Å². The van der Waals surface area contributed by atoms with E-state index in [2.05, 4.69) is 49.0 Å². The first-order valence-corrected chi connectivity index (χ1v) is 7.62. The van der Waals surface area contributed by atoms with Crippen molar-refractivity contribution in [3.05, 3.63) is 41.3 Å². The second-order valence-electron chi connectivity index (χ2n) is 5.03. The van der Waals surface area contributed by atoms with E-state index < -0.39 is 0 Å². The molecule has 0 aliphatic carbocycles. The number of rotatable bonds is 4. The summed E-state index contributed by atoms with van der Waals surface area (Å²) >= 11 is 3.62. The summed E-state index contributed by atoms with van der Waals surface area (Å²) in [6.07, 6.45) is 7.67. The third kappa shape index (κ3) is 2.90. The van der Waals surface area contributed by atoms with Crippen LogP contribution in [-0.2, 0) is 6.54 Å². The van der Waals surface area contributed by atoms with Gasteiger partial charge in [-0.2, -0.15) is 0 Å².